The lowest BCUT2D eigenvalue weighted by Crippen LogP contribution is -2.33. The Hall–Kier alpha value is -1.09. The lowest BCUT2D eigenvalue weighted by molar-refractivity contribution is -0.138. The summed E-state index contributed by atoms with van der Waals surface area (Å²) in [5, 5.41) is 9.45. The second kappa shape index (κ2) is 5.27. The van der Waals surface area contributed by atoms with E-state index in [1.165, 1.54) is 6.07 Å². The summed E-state index contributed by atoms with van der Waals surface area (Å²) in [6.07, 6.45) is 4.27. The third-order valence-electron chi connectivity index (χ3n) is 3.79. The molecular weight excluding hydrogens is 255 g/mol. The molecule has 0 unspecified atom stereocenters. The van der Waals surface area contributed by atoms with Crippen molar-refractivity contribution in [3.05, 3.63) is 34.6 Å². The highest BCUT2D eigenvalue weighted by molar-refractivity contribution is 6.31. The Balaban J connectivity index is 2.48. The van der Waals surface area contributed by atoms with E-state index in [0.717, 1.165) is 19.3 Å². The van der Waals surface area contributed by atoms with E-state index in [4.69, 9.17) is 16.7 Å². The molecule has 0 radical (unpaired) electrons. The molecule has 0 saturated heterocycles. The lowest BCUT2D eigenvalue weighted by atomic mass is 9.67. The van der Waals surface area contributed by atoms with Crippen molar-refractivity contribution in [2.75, 3.05) is 0 Å². The van der Waals surface area contributed by atoms with Crippen LogP contribution in [0.15, 0.2) is 18.2 Å². The summed E-state index contributed by atoms with van der Waals surface area (Å²) in [5.74, 6) is -1.28. The smallest absolute Gasteiger partial charge is 0.304 e. The molecule has 0 aliphatic heterocycles. The summed E-state index contributed by atoms with van der Waals surface area (Å²) in [4.78, 5) is 11.1. The summed E-state index contributed by atoms with van der Waals surface area (Å²) in [5.41, 5.74) is -0.235. The molecule has 0 atom stereocenters. The first-order valence-corrected chi connectivity index (χ1v) is 6.59. The van der Waals surface area contributed by atoms with Gasteiger partial charge in [-0.15, -0.1) is 0 Å². The Morgan fingerprint density at radius 3 is 2.56 bits per heavy atom. The van der Waals surface area contributed by atoms with Gasteiger partial charge in [0.15, 0.2) is 0 Å². The molecule has 1 aromatic carbocycles. The average Bonchev–Trinajstić information content (AvgIpc) is 2.28. The number of hydrogen-bond acceptors (Lipinski definition) is 1. The highest BCUT2D eigenvalue weighted by Gasteiger charge is 2.39. The number of halogens is 2. The molecular formula is C14H16ClFO2. The van der Waals surface area contributed by atoms with E-state index in [9.17, 15) is 9.18 Å². The van der Waals surface area contributed by atoms with E-state index in [1.807, 2.05) is 0 Å². The van der Waals surface area contributed by atoms with E-state index >= 15 is 0 Å². The average molecular weight is 271 g/mol. The molecule has 1 aliphatic rings. The van der Waals surface area contributed by atoms with Crippen LogP contribution in [0.2, 0.25) is 5.02 Å². The van der Waals surface area contributed by atoms with Crippen molar-refractivity contribution in [3.63, 3.8) is 0 Å². The van der Waals surface area contributed by atoms with E-state index in [2.05, 4.69) is 0 Å². The van der Waals surface area contributed by atoms with Gasteiger partial charge >= 0.3 is 5.97 Å². The van der Waals surface area contributed by atoms with Crippen LogP contribution in [0.1, 0.15) is 44.1 Å². The Morgan fingerprint density at radius 2 is 2.00 bits per heavy atom. The monoisotopic (exact) mass is 270 g/mol. The molecule has 18 heavy (non-hydrogen) atoms. The molecule has 1 aliphatic carbocycles. The zero-order chi connectivity index (χ0) is 13.2. The summed E-state index contributed by atoms with van der Waals surface area (Å²) in [6, 6.07) is 4.55. The van der Waals surface area contributed by atoms with Crippen LogP contribution >= 0.6 is 11.6 Å². The number of hydrogen-bond donors (Lipinski definition) is 1. The Kier molecular flexibility index (Phi) is 3.91. The molecule has 0 bridgehead atoms. The van der Waals surface area contributed by atoms with Crippen LogP contribution in [0.3, 0.4) is 0 Å². The van der Waals surface area contributed by atoms with Crippen molar-refractivity contribution < 1.29 is 14.3 Å². The van der Waals surface area contributed by atoms with Crippen LogP contribution in [-0.2, 0) is 10.2 Å². The van der Waals surface area contributed by atoms with E-state index < -0.39 is 11.4 Å². The van der Waals surface area contributed by atoms with Gasteiger partial charge in [-0.05, 0) is 25.0 Å². The highest BCUT2D eigenvalue weighted by atomic mass is 35.5. The van der Waals surface area contributed by atoms with Crippen LogP contribution in [0.5, 0.6) is 0 Å². The van der Waals surface area contributed by atoms with Gasteiger partial charge in [0, 0.05) is 16.0 Å². The van der Waals surface area contributed by atoms with Crippen LogP contribution < -0.4 is 0 Å². The van der Waals surface area contributed by atoms with Gasteiger partial charge in [0.25, 0.3) is 0 Å². The first-order chi connectivity index (χ1) is 8.55. The van der Waals surface area contributed by atoms with Crippen LogP contribution in [0.4, 0.5) is 4.39 Å². The molecule has 0 spiro atoms. The fourth-order valence-corrected chi connectivity index (χ4v) is 3.40. The maximum atomic E-state index is 14.1. The molecule has 1 N–H and O–H groups in total. The molecule has 4 heteroatoms. The minimum Gasteiger partial charge on any atom is -0.481 e. The topological polar surface area (TPSA) is 37.3 Å². The van der Waals surface area contributed by atoms with Gasteiger partial charge < -0.3 is 5.11 Å². The Bertz CT molecular complexity index is 433. The number of carboxylic acid groups (broad SMARTS) is 1. The normalized spacial score (nSPS) is 18.6. The predicted molar refractivity (Wildman–Crippen MR) is 68.4 cm³/mol. The third-order valence-corrected chi connectivity index (χ3v) is 4.11. The first-order valence-electron chi connectivity index (χ1n) is 6.21. The molecule has 1 aromatic rings. The van der Waals surface area contributed by atoms with Crippen LogP contribution in [-0.4, -0.2) is 11.1 Å². The van der Waals surface area contributed by atoms with E-state index in [0.29, 0.717) is 23.4 Å². The fourth-order valence-electron chi connectivity index (χ4n) is 3.04. The molecule has 0 amide bonds. The SMILES string of the molecule is O=C(O)CC1(c2c(F)cccc2Cl)CCCCC1. The molecule has 0 aromatic heterocycles. The first kappa shape index (κ1) is 13.3. The van der Waals surface area contributed by atoms with Crippen LogP contribution in [0.25, 0.3) is 0 Å². The Morgan fingerprint density at radius 1 is 1.33 bits per heavy atom. The second-order valence-electron chi connectivity index (χ2n) is 5.01. The van der Waals surface area contributed by atoms with Gasteiger partial charge in [-0.3, -0.25) is 4.79 Å². The van der Waals surface area contributed by atoms with Crippen molar-refractivity contribution >= 4 is 17.6 Å². The van der Waals surface area contributed by atoms with Crippen molar-refractivity contribution in [2.24, 2.45) is 0 Å². The Labute approximate surface area is 111 Å². The number of rotatable bonds is 3. The number of benzene rings is 1. The molecule has 1 fully saturated rings. The largest absolute Gasteiger partial charge is 0.481 e. The van der Waals surface area contributed by atoms with Crippen molar-refractivity contribution in [2.45, 2.75) is 43.9 Å². The standard InChI is InChI=1S/C14H16ClFO2/c15-10-5-4-6-11(16)13(10)14(9-12(17)18)7-2-1-3-8-14/h4-6H,1-3,7-9H2,(H,17,18). The quantitative estimate of drug-likeness (QED) is 0.896. The molecule has 2 nitrogen and oxygen atoms in total. The van der Waals surface area contributed by atoms with Crippen molar-refractivity contribution in [1.82, 2.24) is 0 Å². The van der Waals surface area contributed by atoms with Crippen LogP contribution in [0, 0.1) is 5.82 Å². The maximum absolute atomic E-state index is 14.1. The zero-order valence-corrected chi connectivity index (χ0v) is 10.8. The maximum Gasteiger partial charge on any atom is 0.304 e. The minimum atomic E-state index is -0.892. The zero-order valence-electron chi connectivity index (χ0n) is 10.1. The molecule has 0 heterocycles. The van der Waals surface area contributed by atoms with Gasteiger partial charge in [0.1, 0.15) is 5.82 Å². The molecule has 98 valence electrons. The summed E-state index contributed by atoms with van der Waals surface area (Å²) >= 11 is 6.10. The van der Waals surface area contributed by atoms with E-state index in [1.54, 1.807) is 12.1 Å². The van der Waals surface area contributed by atoms with Crippen molar-refractivity contribution in [1.29, 1.82) is 0 Å². The van der Waals surface area contributed by atoms with Gasteiger partial charge in [-0.25, -0.2) is 4.39 Å². The van der Waals surface area contributed by atoms with Gasteiger partial charge in [0.05, 0.1) is 6.42 Å². The second-order valence-corrected chi connectivity index (χ2v) is 5.42. The summed E-state index contributed by atoms with van der Waals surface area (Å²) < 4.78 is 14.1. The number of carbonyl (C=O) groups is 1. The third kappa shape index (κ3) is 2.51. The molecule has 2 rings (SSSR count). The predicted octanol–water partition coefficient (Wildman–Crippen LogP) is 4.16. The highest BCUT2D eigenvalue weighted by Crippen LogP contribution is 2.45. The lowest BCUT2D eigenvalue weighted by Gasteiger charge is -2.37. The van der Waals surface area contributed by atoms with Gasteiger partial charge in [-0.1, -0.05) is 36.9 Å². The number of aliphatic carboxylic acids is 1. The van der Waals surface area contributed by atoms with E-state index in [-0.39, 0.29) is 12.2 Å². The molecule has 1 saturated carbocycles. The van der Waals surface area contributed by atoms with Gasteiger partial charge in [-0.2, -0.15) is 0 Å². The van der Waals surface area contributed by atoms with Gasteiger partial charge in [0.2, 0.25) is 0 Å². The summed E-state index contributed by atoms with van der Waals surface area (Å²) in [6.45, 7) is 0. The minimum absolute atomic E-state index is 0.0480. The fraction of sp³-hybridized carbons (Fsp3) is 0.500. The number of carboxylic acids is 1. The summed E-state index contributed by atoms with van der Waals surface area (Å²) in [7, 11) is 0. The van der Waals surface area contributed by atoms with Crippen molar-refractivity contribution in [3.8, 4) is 0 Å².